The molecule has 0 saturated carbocycles. The summed E-state index contributed by atoms with van der Waals surface area (Å²) in [7, 11) is 0. The van der Waals surface area contributed by atoms with E-state index in [0.29, 0.717) is 6.61 Å². The predicted molar refractivity (Wildman–Crippen MR) is 86.1 cm³/mol. The number of benzene rings is 1. The summed E-state index contributed by atoms with van der Waals surface area (Å²) >= 11 is 0. The lowest BCUT2D eigenvalue weighted by molar-refractivity contribution is 0.0387. The van der Waals surface area contributed by atoms with Crippen molar-refractivity contribution < 1.29 is 9.53 Å². The van der Waals surface area contributed by atoms with Crippen LogP contribution < -0.4 is 10.2 Å². The van der Waals surface area contributed by atoms with Gasteiger partial charge >= 0.3 is 6.09 Å². The van der Waals surface area contributed by atoms with Crippen LogP contribution in [0.5, 0.6) is 0 Å². The Hall–Kier alpha value is -1.42. The van der Waals surface area contributed by atoms with Gasteiger partial charge in [0.1, 0.15) is 6.61 Å². The number of amides is 1. The molecule has 1 aromatic rings. The Morgan fingerprint density at radius 1 is 1.19 bits per heavy atom. The van der Waals surface area contributed by atoms with Crippen LogP contribution in [0.2, 0.25) is 0 Å². The van der Waals surface area contributed by atoms with Gasteiger partial charge < -0.3 is 15.0 Å². The maximum atomic E-state index is 11.5. The van der Waals surface area contributed by atoms with Gasteiger partial charge in [-0.25, -0.2) is 4.79 Å². The fourth-order valence-electron chi connectivity index (χ4n) is 3.08. The van der Waals surface area contributed by atoms with Gasteiger partial charge in [-0.15, -0.1) is 12.4 Å². The third kappa shape index (κ3) is 3.26. The molecule has 0 unspecified atom stereocenters. The highest BCUT2D eigenvalue weighted by molar-refractivity contribution is 5.85. The molecule has 2 saturated heterocycles. The van der Waals surface area contributed by atoms with Gasteiger partial charge in [-0.1, -0.05) is 26.0 Å². The summed E-state index contributed by atoms with van der Waals surface area (Å²) in [6.07, 6.45) is 2.24. The van der Waals surface area contributed by atoms with Crippen LogP contribution >= 0.6 is 12.4 Å². The smallest absolute Gasteiger partial charge is 0.407 e. The van der Waals surface area contributed by atoms with Crippen LogP contribution in [0.4, 0.5) is 10.5 Å². The molecule has 116 valence electrons. The molecule has 2 heterocycles. The first-order valence-corrected chi connectivity index (χ1v) is 7.34. The summed E-state index contributed by atoms with van der Waals surface area (Å²) in [4.78, 5) is 13.9. The van der Waals surface area contributed by atoms with Crippen molar-refractivity contribution in [1.82, 2.24) is 5.32 Å². The molecule has 2 aliphatic rings. The van der Waals surface area contributed by atoms with Crippen molar-refractivity contribution in [3.63, 3.8) is 0 Å². The van der Waals surface area contributed by atoms with E-state index in [0.717, 1.165) is 18.7 Å². The fourth-order valence-corrected chi connectivity index (χ4v) is 3.08. The molecule has 1 aromatic carbocycles. The summed E-state index contributed by atoms with van der Waals surface area (Å²) < 4.78 is 5.09. The predicted octanol–water partition coefficient (Wildman–Crippen LogP) is 3.52. The molecule has 1 N–H and O–H groups in total. The normalized spacial score (nSPS) is 24.0. The monoisotopic (exact) mass is 310 g/mol. The van der Waals surface area contributed by atoms with Crippen LogP contribution in [-0.2, 0) is 4.74 Å². The molecule has 1 atom stereocenters. The molecule has 0 aliphatic carbocycles. The first-order valence-electron chi connectivity index (χ1n) is 7.34. The maximum Gasteiger partial charge on any atom is 0.407 e. The third-order valence-corrected chi connectivity index (χ3v) is 4.32. The lowest BCUT2D eigenvalue weighted by atomic mass is 9.80. The van der Waals surface area contributed by atoms with Crippen molar-refractivity contribution in [1.29, 1.82) is 0 Å². The number of ether oxygens (including phenoxy) is 1. The Balaban J connectivity index is 0.00000161. The van der Waals surface area contributed by atoms with E-state index >= 15 is 0 Å². The van der Waals surface area contributed by atoms with Crippen molar-refractivity contribution >= 4 is 24.2 Å². The minimum atomic E-state index is -0.321. The van der Waals surface area contributed by atoms with Crippen molar-refractivity contribution in [3.8, 4) is 0 Å². The highest BCUT2D eigenvalue weighted by Crippen LogP contribution is 2.37. The zero-order valence-electron chi connectivity index (χ0n) is 12.6. The first kappa shape index (κ1) is 16.0. The van der Waals surface area contributed by atoms with Gasteiger partial charge in [-0.2, -0.15) is 0 Å². The number of carbonyl (C=O) groups is 1. The van der Waals surface area contributed by atoms with Crippen molar-refractivity contribution in [3.05, 3.63) is 29.8 Å². The number of hydrogen-bond acceptors (Lipinski definition) is 3. The van der Waals surface area contributed by atoms with E-state index in [1.807, 2.05) is 0 Å². The van der Waals surface area contributed by atoms with Gasteiger partial charge in [0.05, 0.1) is 6.04 Å². The van der Waals surface area contributed by atoms with Crippen molar-refractivity contribution in [2.45, 2.75) is 32.7 Å². The van der Waals surface area contributed by atoms with Gasteiger partial charge in [-0.3, -0.25) is 0 Å². The largest absolute Gasteiger partial charge is 0.449 e. The molecule has 5 heteroatoms. The number of rotatable bonds is 2. The molecular formula is C16H23ClN2O2. The van der Waals surface area contributed by atoms with E-state index in [-0.39, 0.29) is 30.0 Å². The van der Waals surface area contributed by atoms with Crippen LogP contribution in [0.25, 0.3) is 0 Å². The van der Waals surface area contributed by atoms with E-state index < -0.39 is 0 Å². The van der Waals surface area contributed by atoms with Gasteiger partial charge in [0.2, 0.25) is 0 Å². The van der Waals surface area contributed by atoms with Gasteiger partial charge in [0, 0.05) is 24.2 Å². The second kappa shape index (κ2) is 6.14. The summed E-state index contributed by atoms with van der Waals surface area (Å²) in [6.45, 7) is 6.99. The van der Waals surface area contributed by atoms with Crippen LogP contribution in [-0.4, -0.2) is 25.8 Å². The van der Waals surface area contributed by atoms with Gasteiger partial charge in [0.25, 0.3) is 0 Å². The molecule has 0 radical (unpaired) electrons. The Morgan fingerprint density at radius 2 is 1.81 bits per heavy atom. The Bertz CT molecular complexity index is 496. The van der Waals surface area contributed by atoms with E-state index in [2.05, 4.69) is 48.3 Å². The molecule has 1 amide bonds. The quantitative estimate of drug-likeness (QED) is 0.909. The standard InChI is InChI=1S/C16H22N2O2.ClH/c1-16(2)11-20-15(19)17-14(16)12-5-7-13(8-6-12)18-9-3-4-10-18;/h5-8,14H,3-4,9-11H2,1-2H3,(H,17,19);1H/t14-;/m0./s1. The van der Waals surface area contributed by atoms with E-state index in [9.17, 15) is 4.79 Å². The zero-order valence-corrected chi connectivity index (χ0v) is 13.4. The number of halogens is 1. The number of hydrogen-bond donors (Lipinski definition) is 1. The number of anilines is 1. The average Bonchev–Trinajstić information content (AvgIpc) is 2.96. The molecule has 3 rings (SSSR count). The summed E-state index contributed by atoms with van der Waals surface area (Å²) in [5.74, 6) is 0. The Labute approximate surface area is 132 Å². The number of nitrogens with zero attached hydrogens (tertiary/aromatic N) is 1. The second-order valence-electron chi connectivity index (χ2n) is 6.43. The number of carbonyl (C=O) groups excluding carboxylic acids is 1. The lowest BCUT2D eigenvalue weighted by Gasteiger charge is -2.38. The molecular weight excluding hydrogens is 288 g/mol. The Kier molecular flexibility index (Phi) is 4.67. The highest BCUT2D eigenvalue weighted by atomic mass is 35.5. The minimum Gasteiger partial charge on any atom is -0.449 e. The van der Waals surface area contributed by atoms with E-state index in [4.69, 9.17) is 4.74 Å². The molecule has 21 heavy (non-hydrogen) atoms. The van der Waals surface area contributed by atoms with Crippen molar-refractivity contribution in [2.75, 3.05) is 24.6 Å². The van der Waals surface area contributed by atoms with Crippen LogP contribution in [0.3, 0.4) is 0 Å². The molecule has 4 nitrogen and oxygen atoms in total. The molecule has 2 fully saturated rings. The summed E-state index contributed by atoms with van der Waals surface area (Å²) in [6, 6.07) is 8.60. The van der Waals surface area contributed by atoms with Crippen LogP contribution in [0, 0.1) is 5.41 Å². The number of alkyl carbamates (subject to hydrolysis) is 1. The first-order chi connectivity index (χ1) is 9.56. The van der Waals surface area contributed by atoms with Gasteiger partial charge in [-0.05, 0) is 30.5 Å². The van der Waals surface area contributed by atoms with Crippen LogP contribution in [0.15, 0.2) is 24.3 Å². The Morgan fingerprint density at radius 3 is 2.43 bits per heavy atom. The lowest BCUT2D eigenvalue weighted by Crippen LogP contribution is -2.46. The van der Waals surface area contributed by atoms with E-state index in [1.165, 1.54) is 18.5 Å². The maximum absolute atomic E-state index is 11.5. The highest BCUT2D eigenvalue weighted by Gasteiger charge is 2.37. The molecule has 2 aliphatic heterocycles. The summed E-state index contributed by atoms with van der Waals surface area (Å²) in [5, 5.41) is 2.94. The number of cyclic esters (lactones) is 1. The fraction of sp³-hybridized carbons (Fsp3) is 0.562. The van der Waals surface area contributed by atoms with Crippen molar-refractivity contribution in [2.24, 2.45) is 5.41 Å². The van der Waals surface area contributed by atoms with Crippen LogP contribution in [0.1, 0.15) is 38.3 Å². The molecule has 0 aromatic heterocycles. The summed E-state index contributed by atoms with van der Waals surface area (Å²) in [5.41, 5.74) is 2.33. The zero-order chi connectivity index (χ0) is 14.2. The second-order valence-corrected chi connectivity index (χ2v) is 6.43. The number of nitrogens with one attached hydrogen (secondary N) is 1. The van der Waals surface area contributed by atoms with E-state index in [1.54, 1.807) is 0 Å². The molecule has 0 bridgehead atoms. The average molecular weight is 311 g/mol. The topological polar surface area (TPSA) is 41.6 Å². The SMILES string of the molecule is CC1(C)COC(=O)N[C@H]1c1ccc(N2CCCC2)cc1.Cl. The third-order valence-electron chi connectivity index (χ3n) is 4.32. The minimum absolute atomic E-state index is 0. The molecule has 0 spiro atoms. The van der Waals surface area contributed by atoms with Gasteiger partial charge in [0.15, 0.2) is 0 Å².